The molecule has 22 heavy (non-hydrogen) atoms. The molecule has 2 aromatic heterocycles. The molecule has 2 aromatic rings. The van der Waals surface area contributed by atoms with Crippen LogP contribution in [0.25, 0.3) is 0 Å². The summed E-state index contributed by atoms with van der Waals surface area (Å²) in [6.07, 6.45) is 2.39. The molecule has 0 spiro atoms. The van der Waals surface area contributed by atoms with Gasteiger partial charge in [0, 0.05) is 28.9 Å². The van der Waals surface area contributed by atoms with E-state index in [4.69, 9.17) is 4.74 Å². The third kappa shape index (κ3) is 3.68. The normalized spacial score (nSPS) is 13.2. The summed E-state index contributed by atoms with van der Waals surface area (Å²) in [4.78, 5) is 20.9. The maximum absolute atomic E-state index is 12.6. The Morgan fingerprint density at radius 2 is 2.32 bits per heavy atom. The van der Waals surface area contributed by atoms with Crippen LogP contribution in [0.3, 0.4) is 0 Å². The quantitative estimate of drug-likeness (QED) is 0.762. The molecule has 0 N–H and O–H groups in total. The van der Waals surface area contributed by atoms with E-state index < -0.39 is 5.92 Å². The van der Waals surface area contributed by atoms with Gasteiger partial charge >= 0.3 is 0 Å². The highest BCUT2D eigenvalue weighted by Gasteiger charge is 2.25. The predicted molar refractivity (Wildman–Crippen MR) is 84.2 cm³/mol. The number of pyridine rings is 1. The van der Waals surface area contributed by atoms with Gasteiger partial charge in [-0.2, -0.15) is 5.26 Å². The van der Waals surface area contributed by atoms with E-state index in [0.717, 1.165) is 12.1 Å². The Labute approximate surface area is 133 Å². The molecule has 0 amide bonds. The average Bonchev–Trinajstić information content (AvgIpc) is 2.94. The summed E-state index contributed by atoms with van der Waals surface area (Å²) in [6, 6.07) is 5.21. The topological polar surface area (TPSA) is 75.9 Å². The van der Waals surface area contributed by atoms with Gasteiger partial charge in [-0.3, -0.25) is 4.79 Å². The van der Waals surface area contributed by atoms with Gasteiger partial charge in [-0.15, -0.1) is 11.3 Å². The van der Waals surface area contributed by atoms with E-state index in [2.05, 4.69) is 9.97 Å². The van der Waals surface area contributed by atoms with Gasteiger partial charge in [-0.25, -0.2) is 9.97 Å². The number of ether oxygens (including phenoxy) is 1. The van der Waals surface area contributed by atoms with Crippen molar-refractivity contribution in [3.8, 4) is 11.9 Å². The standard InChI is InChI=1S/C16H17N3O2S/c1-4-11(3)21-14-7-12(5-6-18-14)15(20)13(8-17)16-19-10(2)9-22-16/h5-7,9,11,13H,4H2,1-3H3/t11-,13-/m0/s1. The number of hydrogen-bond acceptors (Lipinski definition) is 6. The summed E-state index contributed by atoms with van der Waals surface area (Å²) in [5.74, 6) is -0.780. The van der Waals surface area contributed by atoms with Gasteiger partial charge in [0.1, 0.15) is 5.01 Å². The summed E-state index contributed by atoms with van der Waals surface area (Å²) < 4.78 is 5.62. The minimum absolute atomic E-state index is 0.0197. The van der Waals surface area contributed by atoms with Crippen LogP contribution in [-0.2, 0) is 0 Å². The lowest BCUT2D eigenvalue weighted by Gasteiger charge is -2.12. The molecule has 6 heteroatoms. The number of carbonyl (C=O) groups excluding carboxylic acids is 1. The van der Waals surface area contributed by atoms with Crippen LogP contribution < -0.4 is 4.74 Å². The fourth-order valence-corrected chi connectivity index (χ4v) is 2.65. The van der Waals surface area contributed by atoms with Crippen molar-refractivity contribution in [3.63, 3.8) is 0 Å². The van der Waals surface area contributed by atoms with Crippen LogP contribution >= 0.6 is 11.3 Å². The molecule has 0 radical (unpaired) electrons. The Morgan fingerprint density at radius 3 is 2.91 bits per heavy atom. The first-order valence-corrected chi connectivity index (χ1v) is 7.91. The first-order valence-electron chi connectivity index (χ1n) is 7.03. The zero-order chi connectivity index (χ0) is 16.1. The van der Waals surface area contributed by atoms with Crippen molar-refractivity contribution >= 4 is 17.1 Å². The minimum atomic E-state index is -0.891. The Hall–Kier alpha value is -2.26. The van der Waals surface area contributed by atoms with Crippen molar-refractivity contribution in [2.24, 2.45) is 0 Å². The summed E-state index contributed by atoms with van der Waals surface area (Å²) >= 11 is 1.32. The molecule has 0 fully saturated rings. The molecule has 2 atom stereocenters. The van der Waals surface area contributed by atoms with Crippen LogP contribution in [0, 0.1) is 18.3 Å². The van der Waals surface area contributed by atoms with Crippen molar-refractivity contribution in [1.29, 1.82) is 5.26 Å². The Morgan fingerprint density at radius 1 is 1.55 bits per heavy atom. The zero-order valence-electron chi connectivity index (χ0n) is 12.7. The number of hydrogen-bond donors (Lipinski definition) is 0. The van der Waals surface area contributed by atoms with Crippen LogP contribution in [0.4, 0.5) is 0 Å². The highest BCUT2D eigenvalue weighted by Crippen LogP contribution is 2.25. The van der Waals surface area contributed by atoms with E-state index in [1.807, 2.05) is 32.2 Å². The van der Waals surface area contributed by atoms with Crippen LogP contribution in [0.5, 0.6) is 5.88 Å². The van der Waals surface area contributed by atoms with Crippen molar-refractivity contribution in [3.05, 3.63) is 40.0 Å². The summed E-state index contributed by atoms with van der Waals surface area (Å²) in [5.41, 5.74) is 1.22. The maximum atomic E-state index is 12.6. The Bertz CT molecular complexity index is 705. The Balaban J connectivity index is 2.25. The third-order valence-corrected chi connectivity index (χ3v) is 4.22. The second-order valence-corrected chi connectivity index (χ2v) is 5.86. The van der Waals surface area contributed by atoms with Crippen molar-refractivity contribution < 1.29 is 9.53 Å². The van der Waals surface area contributed by atoms with E-state index >= 15 is 0 Å². The molecule has 0 saturated heterocycles. The number of aryl methyl sites for hydroxylation is 1. The number of rotatable bonds is 6. The molecule has 0 unspecified atom stereocenters. The highest BCUT2D eigenvalue weighted by molar-refractivity contribution is 7.10. The zero-order valence-corrected chi connectivity index (χ0v) is 13.6. The SMILES string of the molecule is CC[C@H](C)Oc1cc(C(=O)[C@H](C#N)c2nc(C)cs2)ccn1. The van der Waals surface area contributed by atoms with Gasteiger partial charge in [0.25, 0.3) is 0 Å². The van der Waals surface area contributed by atoms with Gasteiger partial charge in [0.2, 0.25) is 5.88 Å². The summed E-state index contributed by atoms with van der Waals surface area (Å²) in [7, 11) is 0. The second-order valence-electron chi connectivity index (χ2n) is 4.97. The number of ketones is 1. The minimum Gasteiger partial charge on any atom is -0.475 e. The smallest absolute Gasteiger partial charge is 0.214 e. The van der Waals surface area contributed by atoms with Crippen LogP contribution in [0.1, 0.15) is 47.2 Å². The maximum Gasteiger partial charge on any atom is 0.214 e. The molecular formula is C16H17N3O2S. The molecule has 114 valence electrons. The molecule has 5 nitrogen and oxygen atoms in total. The molecule has 0 aliphatic rings. The lowest BCUT2D eigenvalue weighted by molar-refractivity contribution is 0.0977. The largest absolute Gasteiger partial charge is 0.475 e. The van der Waals surface area contributed by atoms with Gasteiger partial charge in [-0.1, -0.05) is 6.92 Å². The van der Waals surface area contributed by atoms with Crippen molar-refractivity contribution in [2.75, 3.05) is 0 Å². The first-order chi connectivity index (χ1) is 10.5. The monoisotopic (exact) mass is 315 g/mol. The number of carbonyl (C=O) groups is 1. The fourth-order valence-electron chi connectivity index (χ4n) is 1.81. The number of nitriles is 1. The van der Waals surface area contributed by atoms with Gasteiger partial charge in [0.05, 0.1) is 12.2 Å². The molecule has 2 rings (SSSR count). The van der Waals surface area contributed by atoms with E-state index in [-0.39, 0.29) is 11.9 Å². The first kappa shape index (κ1) is 16.1. The third-order valence-electron chi connectivity index (χ3n) is 3.19. The van der Waals surface area contributed by atoms with Gasteiger partial charge in [-0.05, 0) is 26.3 Å². The molecule has 0 aliphatic carbocycles. The lowest BCUT2D eigenvalue weighted by atomic mass is 10.0. The molecule has 2 heterocycles. The van der Waals surface area contributed by atoms with Crippen molar-refractivity contribution in [1.82, 2.24) is 9.97 Å². The molecule has 0 saturated carbocycles. The summed E-state index contributed by atoms with van der Waals surface area (Å²) in [5, 5.41) is 11.7. The van der Waals surface area contributed by atoms with E-state index in [1.165, 1.54) is 17.5 Å². The highest BCUT2D eigenvalue weighted by atomic mass is 32.1. The number of aromatic nitrogens is 2. The van der Waals surface area contributed by atoms with Crippen molar-refractivity contribution in [2.45, 2.75) is 39.2 Å². The van der Waals surface area contributed by atoms with Crippen LogP contribution in [0.15, 0.2) is 23.7 Å². The van der Waals surface area contributed by atoms with E-state index in [0.29, 0.717) is 16.5 Å². The number of nitrogens with zero attached hydrogens (tertiary/aromatic N) is 3. The molecule has 0 bridgehead atoms. The fraction of sp³-hybridized carbons (Fsp3) is 0.375. The second kappa shape index (κ2) is 7.14. The lowest BCUT2D eigenvalue weighted by Crippen LogP contribution is -2.14. The molecular weight excluding hydrogens is 298 g/mol. The van der Waals surface area contributed by atoms with Crippen LogP contribution in [0.2, 0.25) is 0 Å². The predicted octanol–water partition coefficient (Wildman–Crippen LogP) is 3.51. The summed E-state index contributed by atoms with van der Waals surface area (Å²) in [6.45, 7) is 5.78. The molecule has 0 aromatic carbocycles. The van der Waals surface area contributed by atoms with Crippen LogP contribution in [-0.4, -0.2) is 21.9 Å². The Kier molecular flexibility index (Phi) is 5.23. The number of Topliss-reactive ketones (excluding diaryl/α,β-unsaturated/α-hetero) is 1. The van der Waals surface area contributed by atoms with Gasteiger partial charge < -0.3 is 4.74 Å². The van der Waals surface area contributed by atoms with E-state index in [9.17, 15) is 10.1 Å². The molecule has 0 aliphatic heterocycles. The van der Waals surface area contributed by atoms with Gasteiger partial charge in [0.15, 0.2) is 11.7 Å². The average molecular weight is 315 g/mol. The number of thiazole rings is 1. The van der Waals surface area contributed by atoms with E-state index in [1.54, 1.807) is 12.1 Å².